The van der Waals surface area contributed by atoms with E-state index in [0.29, 0.717) is 17.9 Å². The monoisotopic (exact) mass is 348 g/mol. The molecule has 2 fully saturated rings. The fourth-order valence-electron chi connectivity index (χ4n) is 5.47. The van der Waals surface area contributed by atoms with Crippen LogP contribution in [0.1, 0.15) is 40.0 Å². The highest BCUT2D eigenvalue weighted by molar-refractivity contribution is 6.76. The van der Waals surface area contributed by atoms with E-state index in [1.54, 1.807) is 7.11 Å². The Morgan fingerprint density at radius 3 is 2.42 bits per heavy atom. The van der Waals surface area contributed by atoms with E-state index in [1.165, 1.54) is 32.4 Å². The molecule has 0 spiro atoms. The maximum absolute atomic E-state index is 5.56. The summed E-state index contributed by atoms with van der Waals surface area (Å²) < 4.78 is 5.56. The van der Waals surface area contributed by atoms with Gasteiger partial charge in [0.25, 0.3) is 0 Å². The van der Waals surface area contributed by atoms with Crippen molar-refractivity contribution in [2.24, 2.45) is 11.8 Å². The van der Waals surface area contributed by atoms with Crippen molar-refractivity contribution in [3.8, 4) is 0 Å². The molecule has 4 atom stereocenters. The minimum absolute atomic E-state index is 0.197. The summed E-state index contributed by atoms with van der Waals surface area (Å²) in [6, 6.07) is 0.700. The summed E-state index contributed by atoms with van der Waals surface area (Å²) in [6.45, 7) is 14.6. The summed E-state index contributed by atoms with van der Waals surface area (Å²) >= 11 is 0. The number of rotatable bonds is 4. The largest absolute Gasteiger partial charge is 0.497 e. The third-order valence-corrected chi connectivity index (χ3v) is 10.0. The van der Waals surface area contributed by atoms with Crippen molar-refractivity contribution in [2.45, 2.75) is 70.2 Å². The van der Waals surface area contributed by atoms with Gasteiger partial charge < -0.3 is 9.72 Å². The topological polar surface area (TPSA) is 24.5 Å². The molecule has 4 unspecified atom stereocenters. The lowest BCUT2D eigenvalue weighted by molar-refractivity contribution is 0.204. The van der Waals surface area contributed by atoms with Crippen molar-refractivity contribution in [1.29, 1.82) is 0 Å². The van der Waals surface area contributed by atoms with Crippen LogP contribution < -0.4 is 4.98 Å². The second-order valence-corrected chi connectivity index (χ2v) is 14.0. The Balaban J connectivity index is 1.86. The Morgan fingerprint density at radius 2 is 1.83 bits per heavy atom. The van der Waals surface area contributed by atoms with Gasteiger partial charge in [0, 0.05) is 17.5 Å². The van der Waals surface area contributed by atoms with Gasteiger partial charge in [-0.2, -0.15) is 0 Å². The van der Waals surface area contributed by atoms with Crippen LogP contribution in [0.15, 0.2) is 24.0 Å². The van der Waals surface area contributed by atoms with Crippen molar-refractivity contribution in [2.75, 3.05) is 20.2 Å². The van der Waals surface area contributed by atoms with Gasteiger partial charge in [0.15, 0.2) is 0 Å². The second kappa shape index (κ2) is 6.62. The smallest absolute Gasteiger partial charge is 0.123 e. The van der Waals surface area contributed by atoms with Crippen LogP contribution in [0.2, 0.25) is 18.6 Å². The SMILES string of the molecule is COC1=CC2C(C=C1)C([Si](C)(C)NC(C)(C)C)CC2N1CCCC1. The zero-order chi connectivity index (χ0) is 17.5. The summed E-state index contributed by atoms with van der Waals surface area (Å²) in [6.07, 6.45) is 11.2. The first-order valence-electron chi connectivity index (χ1n) is 9.69. The van der Waals surface area contributed by atoms with Gasteiger partial charge >= 0.3 is 0 Å². The van der Waals surface area contributed by atoms with Gasteiger partial charge in [-0.25, -0.2) is 0 Å². The molecule has 4 heteroatoms. The van der Waals surface area contributed by atoms with Crippen molar-refractivity contribution < 1.29 is 4.74 Å². The predicted octanol–water partition coefficient (Wildman–Crippen LogP) is 4.15. The van der Waals surface area contributed by atoms with Crippen LogP contribution in [-0.4, -0.2) is 44.9 Å². The Bertz CT molecular complexity index is 514. The molecule has 3 rings (SSSR count). The Kier molecular flexibility index (Phi) is 5.02. The molecule has 2 aliphatic carbocycles. The molecule has 136 valence electrons. The van der Waals surface area contributed by atoms with Crippen LogP contribution in [0.4, 0.5) is 0 Å². The van der Waals surface area contributed by atoms with E-state index in [-0.39, 0.29) is 5.54 Å². The van der Waals surface area contributed by atoms with Crippen LogP contribution in [0.5, 0.6) is 0 Å². The highest BCUT2D eigenvalue weighted by atomic mass is 28.3. The molecule has 3 aliphatic rings. The number of fused-ring (bicyclic) bond motifs is 1. The number of nitrogens with zero attached hydrogens (tertiary/aromatic N) is 1. The lowest BCUT2D eigenvalue weighted by Crippen LogP contribution is -2.57. The first kappa shape index (κ1) is 18.2. The molecular formula is C20H36N2OSi. The van der Waals surface area contributed by atoms with Gasteiger partial charge in [-0.15, -0.1) is 0 Å². The molecule has 0 amide bonds. The number of likely N-dealkylation sites (tertiary alicyclic amines) is 1. The molecule has 1 heterocycles. The molecule has 3 nitrogen and oxygen atoms in total. The van der Waals surface area contributed by atoms with Gasteiger partial charge in [0.1, 0.15) is 14.0 Å². The van der Waals surface area contributed by atoms with Gasteiger partial charge in [0.2, 0.25) is 0 Å². The zero-order valence-corrected chi connectivity index (χ0v) is 17.4. The summed E-state index contributed by atoms with van der Waals surface area (Å²) in [7, 11) is 0.262. The van der Waals surface area contributed by atoms with E-state index in [2.05, 4.69) is 62.0 Å². The maximum Gasteiger partial charge on any atom is 0.123 e. The van der Waals surface area contributed by atoms with Crippen LogP contribution in [0.3, 0.4) is 0 Å². The molecule has 0 aromatic heterocycles. The minimum atomic E-state index is -1.54. The normalized spacial score (nSPS) is 34.3. The van der Waals surface area contributed by atoms with E-state index >= 15 is 0 Å². The Hall–Kier alpha value is -0.583. The average molecular weight is 349 g/mol. The van der Waals surface area contributed by atoms with Crippen LogP contribution in [0, 0.1) is 11.8 Å². The summed E-state index contributed by atoms with van der Waals surface area (Å²) in [5, 5.41) is 0. The quantitative estimate of drug-likeness (QED) is 0.772. The van der Waals surface area contributed by atoms with Crippen LogP contribution in [0.25, 0.3) is 0 Å². The zero-order valence-electron chi connectivity index (χ0n) is 16.4. The number of ether oxygens (including phenoxy) is 1. The number of hydrogen-bond acceptors (Lipinski definition) is 3. The molecule has 1 saturated heterocycles. The van der Waals surface area contributed by atoms with E-state index in [4.69, 9.17) is 4.74 Å². The number of methoxy groups -OCH3 is 1. The van der Waals surface area contributed by atoms with Gasteiger partial charge in [0.05, 0.1) is 7.11 Å². The van der Waals surface area contributed by atoms with Crippen molar-refractivity contribution in [1.82, 2.24) is 9.88 Å². The number of allylic oxidation sites excluding steroid dienone is 2. The van der Waals surface area contributed by atoms with Crippen molar-refractivity contribution in [3.05, 3.63) is 24.0 Å². The third kappa shape index (κ3) is 3.66. The molecule has 24 heavy (non-hydrogen) atoms. The fourth-order valence-corrected chi connectivity index (χ4v) is 9.72. The summed E-state index contributed by atoms with van der Waals surface area (Å²) in [4.78, 5) is 6.81. The van der Waals surface area contributed by atoms with Crippen molar-refractivity contribution >= 4 is 8.24 Å². The number of hydrogen-bond donors (Lipinski definition) is 1. The van der Waals surface area contributed by atoms with E-state index in [0.717, 1.165) is 11.3 Å². The minimum Gasteiger partial charge on any atom is -0.497 e. The highest BCUT2D eigenvalue weighted by Crippen LogP contribution is 2.51. The predicted molar refractivity (Wildman–Crippen MR) is 105 cm³/mol. The fraction of sp³-hybridized carbons (Fsp3) is 0.800. The summed E-state index contributed by atoms with van der Waals surface area (Å²) in [5.41, 5.74) is 0.987. The molecular weight excluding hydrogens is 312 g/mol. The average Bonchev–Trinajstić information content (AvgIpc) is 3.11. The first-order chi connectivity index (χ1) is 11.2. The van der Waals surface area contributed by atoms with E-state index in [1.807, 2.05) is 0 Å². The molecule has 1 N–H and O–H groups in total. The maximum atomic E-state index is 5.56. The first-order valence-corrected chi connectivity index (χ1v) is 12.8. The van der Waals surface area contributed by atoms with Crippen molar-refractivity contribution in [3.63, 3.8) is 0 Å². The second-order valence-electron chi connectivity index (χ2n) is 9.54. The van der Waals surface area contributed by atoms with Crippen LogP contribution >= 0.6 is 0 Å². The van der Waals surface area contributed by atoms with Gasteiger partial charge in [-0.05, 0) is 76.7 Å². The molecule has 1 aliphatic heterocycles. The lowest BCUT2D eigenvalue weighted by Gasteiger charge is -2.40. The summed E-state index contributed by atoms with van der Waals surface area (Å²) in [5.74, 6) is 2.36. The number of nitrogens with one attached hydrogen (secondary N) is 1. The molecule has 0 radical (unpaired) electrons. The van der Waals surface area contributed by atoms with Gasteiger partial charge in [-0.1, -0.05) is 19.2 Å². The van der Waals surface area contributed by atoms with E-state index in [9.17, 15) is 0 Å². The van der Waals surface area contributed by atoms with Crippen LogP contribution in [-0.2, 0) is 4.74 Å². The van der Waals surface area contributed by atoms with E-state index < -0.39 is 8.24 Å². The third-order valence-electron chi connectivity index (χ3n) is 6.16. The standard InChI is InChI=1S/C20H36N2OSi/c1-20(2,3)21-24(5,6)19-14-18(22-11-7-8-12-22)17-13-15(23-4)9-10-16(17)19/h9-10,13,16-19,21H,7-8,11-12,14H2,1-6H3. The molecule has 0 aromatic rings. The molecule has 0 bridgehead atoms. The molecule has 0 aromatic carbocycles. The molecule has 1 saturated carbocycles. The van der Waals surface area contributed by atoms with Gasteiger partial charge in [-0.3, -0.25) is 4.90 Å². The Labute approximate surface area is 149 Å². The Morgan fingerprint density at radius 1 is 1.17 bits per heavy atom. The lowest BCUT2D eigenvalue weighted by atomic mass is 9.88. The highest BCUT2D eigenvalue weighted by Gasteiger charge is 2.51.